The van der Waals surface area contributed by atoms with Crippen LogP contribution in [0.5, 0.6) is 0 Å². The Labute approximate surface area is 114 Å². The molecule has 2 aromatic heterocycles. The van der Waals surface area contributed by atoms with Crippen LogP contribution in [0.15, 0.2) is 33.9 Å². The van der Waals surface area contributed by atoms with Crippen LogP contribution in [0.3, 0.4) is 0 Å². The van der Waals surface area contributed by atoms with Gasteiger partial charge in [-0.15, -0.1) is 22.7 Å². The van der Waals surface area contributed by atoms with Gasteiger partial charge in [0.2, 0.25) is 0 Å². The smallest absolute Gasteiger partial charge is 0.252 e. The van der Waals surface area contributed by atoms with Gasteiger partial charge in [0.1, 0.15) is 4.21 Å². The van der Waals surface area contributed by atoms with Gasteiger partial charge in [0.15, 0.2) is 0 Å². The summed E-state index contributed by atoms with van der Waals surface area (Å²) in [5, 5.41) is 10.9. The highest BCUT2D eigenvalue weighted by atomic mass is 32.2. The van der Waals surface area contributed by atoms with E-state index in [0.29, 0.717) is 11.4 Å². The first kappa shape index (κ1) is 13.7. The van der Waals surface area contributed by atoms with Crippen LogP contribution in [0.2, 0.25) is 0 Å². The van der Waals surface area contributed by atoms with E-state index >= 15 is 0 Å². The fraction of sp³-hybridized carbons (Fsp3) is 0.273. The molecule has 0 fully saturated rings. The zero-order chi connectivity index (χ0) is 13.2. The molecular weight excluding hydrogens is 290 g/mol. The number of rotatable bonds is 5. The molecule has 4 nitrogen and oxygen atoms in total. The number of aliphatic hydroxyl groups excluding tert-OH is 1. The van der Waals surface area contributed by atoms with Gasteiger partial charge in [-0.3, -0.25) is 0 Å². The van der Waals surface area contributed by atoms with E-state index in [9.17, 15) is 8.42 Å². The standard InChI is InChI=1S/C11H13NO3S3/c1-12(7-9-3-2-6-16-9)18(14,15)11-5-4-10(8-13)17-11/h2-6,13H,7-8H2,1H3. The maximum Gasteiger partial charge on any atom is 0.252 e. The average Bonchev–Trinajstić information content (AvgIpc) is 2.99. The molecule has 2 heterocycles. The molecule has 0 saturated heterocycles. The molecule has 0 radical (unpaired) electrons. The van der Waals surface area contributed by atoms with Gasteiger partial charge in [-0.1, -0.05) is 6.07 Å². The molecule has 2 aromatic rings. The molecule has 0 bridgehead atoms. The highest BCUT2D eigenvalue weighted by Crippen LogP contribution is 2.25. The van der Waals surface area contributed by atoms with Crippen LogP contribution in [0, 0.1) is 0 Å². The summed E-state index contributed by atoms with van der Waals surface area (Å²) in [4.78, 5) is 1.65. The highest BCUT2D eigenvalue weighted by Gasteiger charge is 2.23. The van der Waals surface area contributed by atoms with Crippen LogP contribution >= 0.6 is 22.7 Å². The van der Waals surface area contributed by atoms with Gasteiger partial charge in [0, 0.05) is 23.3 Å². The van der Waals surface area contributed by atoms with E-state index in [-0.39, 0.29) is 10.8 Å². The molecule has 98 valence electrons. The largest absolute Gasteiger partial charge is 0.391 e. The fourth-order valence-electron chi connectivity index (χ4n) is 1.44. The molecular formula is C11H13NO3S3. The van der Waals surface area contributed by atoms with Crippen molar-refractivity contribution in [1.82, 2.24) is 4.31 Å². The van der Waals surface area contributed by atoms with Crippen LogP contribution in [0.4, 0.5) is 0 Å². The number of nitrogens with zero attached hydrogens (tertiary/aromatic N) is 1. The minimum absolute atomic E-state index is 0.130. The Bertz CT molecular complexity index is 601. The Morgan fingerprint density at radius 1 is 1.28 bits per heavy atom. The molecule has 18 heavy (non-hydrogen) atoms. The van der Waals surface area contributed by atoms with Crippen molar-refractivity contribution in [3.05, 3.63) is 39.4 Å². The molecule has 0 aliphatic carbocycles. The van der Waals surface area contributed by atoms with Crippen molar-refractivity contribution in [1.29, 1.82) is 0 Å². The van der Waals surface area contributed by atoms with Crippen LogP contribution in [-0.2, 0) is 23.2 Å². The van der Waals surface area contributed by atoms with E-state index in [1.807, 2.05) is 17.5 Å². The lowest BCUT2D eigenvalue weighted by Crippen LogP contribution is -2.25. The predicted molar refractivity (Wildman–Crippen MR) is 73.2 cm³/mol. The van der Waals surface area contributed by atoms with Crippen molar-refractivity contribution in [2.75, 3.05) is 7.05 Å². The van der Waals surface area contributed by atoms with Crippen molar-refractivity contribution < 1.29 is 13.5 Å². The second-order valence-electron chi connectivity index (χ2n) is 3.72. The maximum absolute atomic E-state index is 12.2. The predicted octanol–water partition coefficient (Wildman–Crippen LogP) is 2.12. The Morgan fingerprint density at radius 3 is 2.61 bits per heavy atom. The summed E-state index contributed by atoms with van der Waals surface area (Å²) in [7, 11) is -1.89. The molecule has 0 spiro atoms. The van der Waals surface area contributed by atoms with Crippen molar-refractivity contribution in [2.45, 2.75) is 17.4 Å². The van der Waals surface area contributed by atoms with E-state index in [1.165, 1.54) is 21.7 Å². The molecule has 0 aromatic carbocycles. The first-order chi connectivity index (χ1) is 8.54. The lowest BCUT2D eigenvalue weighted by molar-refractivity contribution is 0.285. The normalized spacial score (nSPS) is 12.2. The first-order valence-electron chi connectivity index (χ1n) is 5.22. The monoisotopic (exact) mass is 303 g/mol. The minimum Gasteiger partial charge on any atom is -0.391 e. The van der Waals surface area contributed by atoms with Gasteiger partial charge in [-0.2, -0.15) is 4.31 Å². The summed E-state index contributed by atoms with van der Waals surface area (Å²) in [5.74, 6) is 0. The zero-order valence-electron chi connectivity index (χ0n) is 9.74. The number of thiophene rings is 2. The Hall–Kier alpha value is -0.730. The molecule has 0 saturated carbocycles. The summed E-state index contributed by atoms with van der Waals surface area (Å²) < 4.78 is 26.1. The second-order valence-corrected chi connectivity index (χ2v) is 8.19. The molecule has 0 aliphatic heterocycles. The third-order valence-corrected chi connectivity index (χ3v) is 6.62. The lowest BCUT2D eigenvalue weighted by Gasteiger charge is -2.14. The molecule has 0 unspecified atom stereocenters. The summed E-state index contributed by atoms with van der Waals surface area (Å²) in [6, 6.07) is 6.98. The SMILES string of the molecule is CN(Cc1cccs1)S(=O)(=O)c1ccc(CO)s1. The summed E-state index contributed by atoms with van der Waals surface area (Å²) in [6.07, 6.45) is 0. The van der Waals surface area contributed by atoms with Crippen LogP contribution in [-0.4, -0.2) is 24.9 Å². The Kier molecular flexibility index (Phi) is 4.18. The highest BCUT2D eigenvalue weighted by molar-refractivity contribution is 7.91. The Morgan fingerprint density at radius 2 is 2.06 bits per heavy atom. The third-order valence-electron chi connectivity index (χ3n) is 2.42. The molecule has 0 aliphatic rings. The molecule has 1 N–H and O–H groups in total. The molecule has 0 atom stereocenters. The molecule has 2 rings (SSSR count). The van der Waals surface area contributed by atoms with Crippen LogP contribution in [0.25, 0.3) is 0 Å². The van der Waals surface area contributed by atoms with Crippen LogP contribution < -0.4 is 0 Å². The topological polar surface area (TPSA) is 57.6 Å². The Balaban J connectivity index is 2.19. The molecule has 7 heteroatoms. The van der Waals surface area contributed by atoms with E-state index in [0.717, 1.165) is 16.2 Å². The van der Waals surface area contributed by atoms with Gasteiger partial charge in [0.05, 0.1) is 6.61 Å². The number of aliphatic hydroxyl groups is 1. The van der Waals surface area contributed by atoms with Gasteiger partial charge in [0.25, 0.3) is 10.0 Å². The van der Waals surface area contributed by atoms with Crippen molar-refractivity contribution in [2.24, 2.45) is 0 Å². The van der Waals surface area contributed by atoms with E-state index < -0.39 is 10.0 Å². The van der Waals surface area contributed by atoms with Gasteiger partial charge >= 0.3 is 0 Å². The maximum atomic E-state index is 12.2. The number of sulfonamides is 1. The van der Waals surface area contributed by atoms with Gasteiger partial charge in [-0.05, 0) is 23.6 Å². The average molecular weight is 303 g/mol. The fourth-order valence-corrected chi connectivity index (χ4v) is 4.86. The minimum atomic E-state index is -3.46. The van der Waals surface area contributed by atoms with E-state index in [4.69, 9.17) is 5.11 Å². The summed E-state index contributed by atoms with van der Waals surface area (Å²) in [5.41, 5.74) is 0. The van der Waals surface area contributed by atoms with Crippen molar-refractivity contribution >= 4 is 32.7 Å². The zero-order valence-corrected chi connectivity index (χ0v) is 12.2. The van der Waals surface area contributed by atoms with E-state index in [1.54, 1.807) is 13.1 Å². The van der Waals surface area contributed by atoms with Gasteiger partial charge in [-0.25, -0.2) is 8.42 Å². The second kappa shape index (κ2) is 5.50. The first-order valence-corrected chi connectivity index (χ1v) is 8.36. The van der Waals surface area contributed by atoms with Crippen molar-refractivity contribution in [3.8, 4) is 0 Å². The number of hydrogen-bond donors (Lipinski definition) is 1. The molecule has 0 amide bonds. The summed E-state index contributed by atoms with van der Waals surface area (Å²) >= 11 is 2.63. The quantitative estimate of drug-likeness (QED) is 0.920. The number of hydrogen-bond acceptors (Lipinski definition) is 5. The van der Waals surface area contributed by atoms with Crippen molar-refractivity contribution in [3.63, 3.8) is 0 Å². The lowest BCUT2D eigenvalue weighted by atomic mass is 10.5. The summed E-state index contributed by atoms with van der Waals surface area (Å²) in [6.45, 7) is 0.237. The van der Waals surface area contributed by atoms with Crippen LogP contribution in [0.1, 0.15) is 9.75 Å². The third kappa shape index (κ3) is 2.81. The van der Waals surface area contributed by atoms with Gasteiger partial charge < -0.3 is 5.11 Å². The van der Waals surface area contributed by atoms with E-state index in [2.05, 4.69) is 0 Å².